The van der Waals surface area contributed by atoms with Crippen LogP contribution in [0.25, 0.3) is 11.1 Å². The number of nitrogens with zero attached hydrogens (tertiary/aromatic N) is 1. The van der Waals surface area contributed by atoms with Crippen molar-refractivity contribution in [3.8, 4) is 11.1 Å². The molecule has 2 N–H and O–H groups in total. The van der Waals surface area contributed by atoms with Gasteiger partial charge in [-0.1, -0.05) is 34.8 Å². The molecule has 6 heteroatoms. The summed E-state index contributed by atoms with van der Waals surface area (Å²) in [5.74, 6) is -0.616. The van der Waals surface area contributed by atoms with E-state index in [1.807, 2.05) is 0 Å². The van der Waals surface area contributed by atoms with Crippen LogP contribution in [0, 0.1) is 5.82 Å². The van der Waals surface area contributed by atoms with Crippen LogP contribution in [0.5, 0.6) is 0 Å². The van der Waals surface area contributed by atoms with Crippen molar-refractivity contribution < 1.29 is 4.39 Å². The fraction of sp³-hybridized carbons (Fsp3) is 0. The smallest absolute Gasteiger partial charge is 0.164 e. The Bertz CT molecular complexity index is 587. The third-order valence-electron chi connectivity index (χ3n) is 2.22. The molecule has 0 fully saturated rings. The second-order valence-corrected chi connectivity index (χ2v) is 4.55. The number of nitrogen functional groups attached to an aromatic ring is 1. The maximum absolute atomic E-state index is 13.3. The molecule has 0 aliphatic heterocycles. The molecule has 0 amide bonds. The third kappa shape index (κ3) is 2.32. The third-order valence-corrected chi connectivity index (χ3v) is 3.24. The van der Waals surface area contributed by atoms with Gasteiger partial charge in [0.2, 0.25) is 0 Å². The topological polar surface area (TPSA) is 38.9 Å². The summed E-state index contributed by atoms with van der Waals surface area (Å²) in [6, 6.07) is 3.06. The van der Waals surface area contributed by atoms with E-state index in [0.29, 0.717) is 16.1 Å². The van der Waals surface area contributed by atoms with Crippen molar-refractivity contribution in [2.75, 3.05) is 5.73 Å². The van der Waals surface area contributed by atoms with Gasteiger partial charge >= 0.3 is 0 Å². The van der Waals surface area contributed by atoms with Crippen molar-refractivity contribution in [2.45, 2.75) is 0 Å². The van der Waals surface area contributed by atoms with Crippen LogP contribution in [-0.2, 0) is 0 Å². The summed E-state index contributed by atoms with van der Waals surface area (Å²) in [7, 11) is 0. The molecule has 0 aliphatic rings. The highest BCUT2D eigenvalue weighted by molar-refractivity contribution is 6.45. The minimum Gasteiger partial charge on any atom is -0.396 e. The first-order chi connectivity index (χ1) is 8.00. The lowest BCUT2D eigenvalue weighted by molar-refractivity contribution is 0.627. The largest absolute Gasteiger partial charge is 0.396 e. The lowest BCUT2D eigenvalue weighted by Crippen LogP contribution is -1.96. The van der Waals surface area contributed by atoms with Crippen molar-refractivity contribution in [1.82, 2.24) is 4.98 Å². The second-order valence-electron chi connectivity index (χ2n) is 3.33. The van der Waals surface area contributed by atoms with Crippen molar-refractivity contribution in [3.05, 3.63) is 45.4 Å². The van der Waals surface area contributed by atoms with E-state index < -0.39 is 5.82 Å². The van der Waals surface area contributed by atoms with E-state index >= 15 is 0 Å². The molecule has 1 aromatic carbocycles. The second kappa shape index (κ2) is 4.69. The van der Waals surface area contributed by atoms with Gasteiger partial charge < -0.3 is 5.73 Å². The molecule has 0 atom stereocenters. The summed E-state index contributed by atoms with van der Waals surface area (Å²) in [4.78, 5) is 3.72. The maximum Gasteiger partial charge on any atom is 0.164 e. The number of pyridine rings is 1. The first-order valence-electron chi connectivity index (χ1n) is 4.54. The highest BCUT2D eigenvalue weighted by Crippen LogP contribution is 2.38. The van der Waals surface area contributed by atoms with Crippen LogP contribution in [0.15, 0.2) is 24.5 Å². The van der Waals surface area contributed by atoms with E-state index in [4.69, 9.17) is 40.5 Å². The Morgan fingerprint density at radius 2 is 1.76 bits per heavy atom. The molecule has 0 aliphatic carbocycles. The first-order valence-corrected chi connectivity index (χ1v) is 5.68. The highest BCUT2D eigenvalue weighted by Gasteiger charge is 2.14. The number of hydrogen-bond acceptors (Lipinski definition) is 2. The molecular formula is C11H6Cl3FN2. The molecule has 2 aromatic rings. The van der Waals surface area contributed by atoms with Crippen LogP contribution < -0.4 is 5.73 Å². The van der Waals surface area contributed by atoms with Crippen LogP contribution in [0.4, 0.5) is 10.1 Å². The molecule has 17 heavy (non-hydrogen) atoms. The molecule has 0 spiro atoms. The fourth-order valence-electron chi connectivity index (χ4n) is 1.41. The summed E-state index contributed by atoms with van der Waals surface area (Å²) in [5, 5.41) is 0.922. The molecule has 2 rings (SSSR count). The van der Waals surface area contributed by atoms with Gasteiger partial charge in [-0.2, -0.15) is 0 Å². The van der Waals surface area contributed by atoms with Gasteiger partial charge in [-0.05, 0) is 12.1 Å². The standard InChI is InChI=1S/C11H6Cl3FN2/c12-5-1-6(10(14)8(13)2-5)7-3-17-4-9(15)11(7)16/h1-4H,(H2,16,17). The molecule has 0 saturated carbocycles. The van der Waals surface area contributed by atoms with E-state index in [1.165, 1.54) is 12.3 Å². The molecule has 2 nitrogen and oxygen atoms in total. The highest BCUT2D eigenvalue weighted by atomic mass is 35.5. The Labute approximate surface area is 112 Å². The Hall–Kier alpha value is -1.03. The van der Waals surface area contributed by atoms with Gasteiger partial charge in [0.1, 0.15) is 0 Å². The predicted molar refractivity (Wildman–Crippen MR) is 69.1 cm³/mol. The number of benzene rings is 1. The summed E-state index contributed by atoms with van der Waals surface area (Å²) in [6.45, 7) is 0. The van der Waals surface area contributed by atoms with Crippen molar-refractivity contribution >= 4 is 40.5 Å². The van der Waals surface area contributed by atoms with Gasteiger partial charge in [0.15, 0.2) is 5.82 Å². The van der Waals surface area contributed by atoms with Crippen LogP contribution in [0.2, 0.25) is 15.1 Å². The van der Waals surface area contributed by atoms with E-state index in [1.54, 1.807) is 6.07 Å². The molecule has 0 bridgehead atoms. The first kappa shape index (κ1) is 12.4. The quantitative estimate of drug-likeness (QED) is 0.789. The van der Waals surface area contributed by atoms with Gasteiger partial charge in [-0.15, -0.1) is 0 Å². The Balaban J connectivity index is 2.73. The minimum absolute atomic E-state index is 0.0415. The number of nitrogens with two attached hydrogens (primary N) is 1. The number of rotatable bonds is 1. The fourth-order valence-corrected chi connectivity index (χ4v) is 2.12. The van der Waals surface area contributed by atoms with Gasteiger partial charge in [0, 0.05) is 22.3 Å². The molecule has 88 valence electrons. The van der Waals surface area contributed by atoms with Gasteiger partial charge in [-0.25, -0.2) is 4.39 Å². The molecule has 0 unspecified atom stereocenters. The molecule has 1 heterocycles. The molecule has 0 radical (unpaired) electrons. The van der Waals surface area contributed by atoms with E-state index in [0.717, 1.165) is 6.20 Å². The Kier molecular flexibility index (Phi) is 3.43. The van der Waals surface area contributed by atoms with Crippen LogP contribution in [0.1, 0.15) is 0 Å². The number of anilines is 1. The number of hydrogen-bond donors (Lipinski definition) is 1. The van der Waals surface area contributed by atoms with Gasteiger partial charge in [-0.3, -0.25) is 4.98 Å². The summed E-state index contributed by atoms with van der Waals surface area (Å²) in [6.07, 6.45) is 2.44. The lowest BCUT2D eigenvalue weighted by Gasteiger charge is -2.09. The van der Waals surface area contributed by atoms with Crippen LogP contribution in [0.3, 0.4) is 0 Å². The van der Waals surface area contributed by atoms with Crippen molar-refractivity contribution in [3.63, 3.8) is 0 Å². The average Bonchev–Trinajstić information content (AvgIpc) is 2.27. The Morgan fingerprint density at radius 3 is 2.47 bits per heavy atom. The number of aromatic nitrogens is 1. The van der Waals surface area contributed by atoms with E-state index in [9.17, 15) is 4.39 Å². The summed E-state index contributed by atoms with van der Waals surface area (Å²) in [5.41, 5.74) is 6.40. The Morgan fingerprint density at radius 1 is 1.06 bits per heavy atom. The SMILES string of the molecule is Nc1c(F)cncc1-c1cc(Cl)cc(Cl)c1Cl. The summed E-state index contributed by atoms with van der Waals surface area (Å²) < 4.78 is 13.3. The predicted octanol–water partition coefficient (Wildman–Crippen LogP) is 4.43. The lowest BCUT2D eigenvalue weighted by atomic mass is 10.1. The zero-order valence-electron chi connectivity index (χ0n) is 8.35. The number of halogens is 4. The van der Waals surface area contributed by atoms with Gasteiger partial charge in [0.05, 0.1) is 21.9 Å². The van der Waals surface area contributed by atoms with Crippen molar-refractivity contribution in [1.29, 1.82) is 0 Å². The van der Waals surface area contributed by atoms with Crippen LogP contribution in [-0.4, -0.2) is 4.98 Å². The average molecular weight is 292 g/mol. The van der Waals surface area contributed by atoms with Gasteiger partial charge in [0.25, 0.3) is 0 Å². The van der Waals surface area contributed by atoms with E-state index in [-0.39, 0.29) is 15.7 Å². The monoisotopic (exact) mass is 290 g/mol. The minimum atomic E-state index is -0.616. The normalized spacial score (nSPS) is 10.6. The zero-order chi connectivity index (χ0) is 12.6. The summed E-state index contributed by atoms with van der Waals surface area (Å²) >= 11 is 17.8. The molecular weight excluding hydrogens is 285 g/mol. The van der Waals surface area contributed by atoms with E-state index in [2.05, 4.69) is 4.98 Å². The molecule has 0 saturated heterocycles. The maximum atomic E-state index is 13.3. The molecule has 1 aromatic heterocycles. The van der Waals surface area contributed by atoms with Crippen LogP contribution >= 0.6 is 34.8 Å². The van der Waals surface area contributed by atoms with Crippen molar-refractivity contribution in [2.24, 2.45) is 0 Å². The zero-order valence-corrected chi connectivity index (χ0v) is 10.6.